The first-order valence-electron chi connectivity index (χ1n) is 10.7. The van der Waals surface area contributed by atoms with Crippen LogP contribution in [-0.2, 0) is 38.6 Å². The van der Waals surface area contributed by atoms with Crippen LogP contribution in [0.4, 0.5) is 4.79 Å². The van der Waals surface area contributed by atoms with Gasteiger partial charge in [-0.25, -0.2) is 4.79 Å². The number of hydrogen-bond acceptors (Lipinski definition) is 7. The Morgan fingerprint density at radius 3 is 2.61 bits per heavy atom. The van der Waals surface area contributed by atoms with Gasteiger partial charge < -0.3 is 20.7 Å². The number of alkyl carbamates (subject to hydrolysis) is 1. The van der Waals surface area contributed by atoms with E-state index in [1.807, 2.05) is 30.3 Å². The van der Waals surface area contributed by atoms with E-state index in [0.29, 0.717) is 17.8 Å². The topological polar surface area (TPSA) is 139 Å². The number of amides is 3. The number of aromatic nitrogens is 2. The molecule has 33 heavy (non-hydrogen) atoms. The lowest BCUT2D eigenvalue weighted by molar-refractivity contribution is -0.140. The number of carbonyl (C=O) groups is 4. The number of benzene rings is 1. The van der Waals surface area contributed by atoms with Gasteiger partial charge >= 0.3 is 6.09 Å². The predicted octanol–water partition coefficient (Wildman–Crippen LogP) is 0.696. The first-order valence-corrected chi connectivity index (χ1v) is 10.7. The molecule has 0 radical (unpaired) electrons. The Morgan fingerprint density at radius 2 is 1.88 bits per heavy atom. The third-order valence-electron chi connectivity index (χ3n) is 5.11. The smallest absolute Gasteiger partial charge is 0.408 e. The van der Waals surface area contributed by atoms with Crippen molar-refractivity contribution in [2.75, 3.05) is 6.54 Å². The maximum absolute atomic E-state index is 13.0. The molecule has 0 fully saturated rings. The summed E-state index contributed by atoms with van der Waals surface area (Å²) in [5.41, 5.74) is 1.96. The Bertz CT molecular complexity index is 1010. The lowest BCUT2D eigenvalue weighted by atomic mass is 10.0. The van der Waals surface area contributed by atoms with E-state index >= 15 is 0 Å². The van der Waals surface area contributed by atoms with Crippen LogP contribution in [0.15, 0.2) is 42.7 Å². The largest absolute Gasteiger partial charge is 0.445 e. The van der Waals surface area contributed by atoms with Crippen LogP contribution in [0.1, 0.15) is 30.8 Å². The van der Waals surface area contributed by atoms with Crippen LogP contribution in [0.3, 0.4) is 0 Å². The molecule has 2 aromatic rings. The Hall–Kier alpha value is -3.82. The third-order valence-corrected chi connectivity index (χ3v) is 5.11. The number of Topliss-reactive ketones (excluding diaryl/α,β-unsaturated/α-hetero) is 1. The van der Waals surface area contributed by atoms with E-state index in [-0.39, 0.29) is 25.5 Å². The van der Waals surface area contributed by atoms with Crippen molar-refractivity contribution in [1.82, 2.24) is 25.9 Å². The number of nitrogens with one attached hydrogen (secondary N) is 3. The van der Waals surface area contributed by atoms with Crippen molar-refractivity contribution in [2.45, 2.75) is 45.4 Å². The van der Waals surface area contributed by atoms with Crippen LogP contribution < -0.4 is 16.0 Å². The predicted molar refractivity (Wildman–Crippen MR) is 118 cm³/mol. The van der Waals surface area contributed by atoms with Gasteiger partial charge in [-0.15, -0.1) is 0 Å². The lowest BCUT2D eigenvalue weighted by Gasteiger charge is -2.25. The maximum atomic E-state index is 13.0. The van der Waals surface area contributed by atoms with Crippen molar-refractivity contribution < 1.29 is 23.9 Å². The lowest BCUT2D eigenvalue weighted by Crippen LogP contribution is -2.56. The van der Waals surface area contributed by atoms with Crippen molar-refractivity contribution in [1.29, 1.82) is 0 Å². The zero-order valence-corrected chi connectivity index (χ0v) is 18.5. The van der Waals surface area contributed by atoms with Crippen molar-refractivity contribution in [3.8, 4) is 0 Å². The number of ketones is 1. The molecule has 1 aliphatic heterocycles. The van der Waals surface area contributed by atoms with Crippen molar-refractivity contribution in [2.24, 2.45) is 5.92 Å². The fraction of sp³-hybridized carbons (Fsp3) is 0.391. The van der Waals surface area contributed by atoms with E-state index < -0.39 is 35.8 Å². The quantitative estimate of drug-likeness (QED) is 0.547. The van der Waals surface area contributed by atoms with E-state index in [2.05, 4.69) is 25.9 Å². The zero-order chi connectivity index (χ0) is 23.8. The molecule has 2 atom stereocenters. The number of fused-ring (bicyclic) bond motifs is 2. The molecular weight excluding hydrogens is 426 g/mol. The second kappa shape index (κ2) is 11.2. The monoisotopic (exact) mass is 453 g/mol. The minimum atomic E-state index is -1.15. The van der Waals surface area contributed by atoms with Gasteiger partial charge in [0.1, 0.15) is 18.7 Å². The number of nitrogens with zero attached hydrogens (tertiary/aromatic N) is 2. The van der Waals surface area contributed by atoms with Crippen molar-refractivity contribution in [3.63, 3.8) is 0 Å². The summed E-state index contributed by atoms with van der Waals surface area (Å²) in [4.78, 5) is 58.7. The van der Waals surface area contributed by atoms with Crippen LogP contribution >= 0.6 is 0 Å². The summed E-state index contributed by atoms with van der Waals surface area (Å²) in [6.45, 7) is 3.78. The average Bonchev–Trinajstić information content (AvgIpc) is 2.80. The summed E-state index contributed by atoms with van der Waals surface area (Å²) in [7, 11) is 0. The summed E-state index contributed by atoms with van der Waals surface area (Å²) >= 11 is 0. The molecule has 0 saturated heterocycles. The summed E-state index contributed by atoms with van der Waals surface area (Å²) in [5, 5.41) is 7.68. The van der Waals surface area contributed by atoms with E-state index in [1.165, 1.54) is 6.20 Å². The molecule has 2 unspecified atom stereocenters. The van der Waals surface area contributed by atoms with E-state index in [1.54, 1.807) is 20.0 Å². The summed E-state index contributed by atoms with van der Waals surface area (Å²) in [6.07, 6.45) is 2.77. The van der Waals surface area contributed by atoms with Gasteiger partial charge in [-0.1, -0.05) is 44.2 Å². The standard InChI is InChI=1S/C23H27N5O5/c1-14(2)19(28-23(32)33-13-15-6-4-3-5-7-15)21(30)27-18-10-17-12-24-11-16(26-17)8-9-25-22(31)20(18)29/h3-7,11-12,14,18-19H,8-10,13H2,1-2H3,(H,25,31)(H,27,30)(H,28,32). The average molecular weight is 453 g/mol. The number of carbonyl (C=O) groups excluding carboxylic acids is 4. The molecule has 0 spiro atoms. The van der Waals surface area contributed by atoms with Gasteiger partial charge in [0.2, 0.25) is 11.7 Å². The van der Waals surface area contributed by atoms with Gasteiger partial charge in [-0.3, -0.25) is 24.4 Å². The molecule has 174 valence electrons. The number of ether oxygens (including phenoxy) is 1. The van der Waals surface area contributed by atoms with Crippen LogP contribution in [0.5, 0.6) is 0 Å². The van der Waals surface area contributed by atoms with Crippen LogP contribution in [-0.4, -0.2) is 52.3 Å². The van der Waals surface area contributed by atoms with E-state index in [0.717, 1.165) is 5.56 Å². The Labute approximate surface area is 191 Å². The Balaban J connectivity index is 1.68. The molecule has 3 N–H and O–H groups in total. The molecule has 0 aliphatic carbocycles. The molecule has 1 aromatic carbocycles. The molecule has 0 saturated carbocycles. The number of rotatable bonds is 6. The van der Waals surface area contributed by atoms with Gasteiger partial charge in [0, 0.05) is 31.8 Å². The van der Waals surface area contributed by atoms with E-state index in [4.69, 9.17) is 4.74 Å². The van der Waals surface area contributed by atoms with Crippen LogP contribution in [0.25, 0.3) is 0 Å². The highest BCUT2D eigenvalue weighted by Gasteiger charge is 2.32. The molecule has 10 nitrogen and oxygen atoms in total. The second-order valence-corrected chi connectivity index (χ2v) is 8.06. The first kappa shape index (κ1) is 23.8. The molecule has 3 amide bonds. The summed E-state index contributed by atoms with van der Waals surface area (Å²) in [5.74, 6) is -2.48. The minimum Gasteiger partial charge on any atom is -0.445 e. The van der Waals surface area contributed by atoms with Gasteiger partial charge in [0.05, 0.1) is 11.4 Å². The highest BCUT2D eigenvalue weighted by Crippen LogP contribution is 2.08. The highest BCUT2D eigenvalue weighted by atomic mass is 16.5. The SMILES string of the molecule is CC(C)C(NC(=O)OCc1ccccc1)C(=O)NC1Cc2cncc(n2)CCNC(=O)C1=O. The zero-order valence-electron chi connectivity index (χ0n) is 18.5. The molecule has 2 heterocycles. The molecule has 10 heteroatoms. The van der Waals surface area contributed by atoms with Crippen LogP contribution in [0.2, 0.25) is 0 Å². The second-order valence-electron chi connectivity index (χ2n) is 8.06. The Morgan fingerprint density at radius 1 is 1.15 bits per heavy atom. The van der Waals surface area contributed by atoms with Gasteiger partial charge in [-0.05, 0) is 11.5 Å². The molecule has 1 aromatic heterocycles. The number of hydrogen-bond donors (Lipinski definition) is 3. The highest BCUT2D eigenvalue weighted by molar-refractivity contribution is 6.38. The van der Waals surface area contributed by atoms with Crippen LogP contribution in [0, 0.1) is 5.92 Å². The van der Waals surface area contributed by atoms with Crippen molar-refractivity contribution in [3.05, 3.63) is 59.7 Å². The molecule has 1 aliphatic rings. The summed E-state index contributed by atoms with van der Waals surface area (Å²) in [6, 6.07) is 7.01. The van der Waals surface area contributed by atoms with E-state index in [9.17, 15) is 19.2 Å². The van der Waals surface area contributed by atoms with Gasteiger partial charge in [0.15, 0.2) is 0 Å². The fourth-order valence-corrected chi connectivity index (χ4v) is 3.33. The molecule has 3 rings (SSSR count). The summed E-state index contributed by atoms with van der Waals surface area (Å²) < 4.78 is 5.20. The molecular formula is C23H27N5O5. The first-order chi connectivity index (χ1) is 15.8. The van der Waals surface area contributed by atoms with Gasteiger partial charge in [-0.2, -0.15) is 0 Å². The van der Waals surface area contributed by atoms with Crippen molar-refractivity contribution >= 4 is 23.7 Å². The molecule has 2 bridgehead atoms. The Kier molecular flexibility index (Phi) is 8.06. The third kappa shape index (κ3) is 6.83. The fourth-order valence-electron chi connectivity index (χ4n) is 3.33. The normalized spacial score (nSPS) is 17.0. The van der Waals surface area contributed by atoms with Gasteiger partial charge in [0.25, 0.3) is 5.91 Å². The maximum Gasteiger partial charge on any atom is 0.408 e. The minimum absolute atomic E-state index is 0.00209.